The van der Waals surface area contributed by atoms with E-state index in [2.05, 4.69) is 157 Å². The number of hydrogen-bond donors (Lipinski definition) is 0. The Labute approximate surface area is 734 Å². The second-order valence-corrected chi connectivity index (χ2v) is 40.3. The van der Waals surface area contributed by atoms with Crippen molar-refractivity contribution in [2.24, 2.45) is 94.7 Å². The van der Waals surface area contributed by atoms with Gasteiger partial charge in [-0.25, -0.2) is 0 Å². The maximum Gasteiger partial charge on any atom is -0.0236 e. The minimum atomic E-state index is 0.833. The summed E-state index contributed by atoms with van der Waals surface area (Å²) in [5.74, 6) is 15.0. The van der Waals surface area contributed by atoms with Gasteiger partial charge in [0.15, 0.2) is 0 Å². The van der Waals surface area contributed by atoms with Crippen molar-refractivity contribution in [1.82, 2.24) is 0 Å². The third-order valence-electron chi connectivity index (χ3n) is 30.5. The Kier molecular flexibility index (Phi) is 80.9. The SMILES string of the molecule is C=CC1CCC(CCC)CC1.C=CC1CCC(CCCC)CC1.C=CC1CCC(CCCCC)CC1.C=CC1CCC(CCCCCC)CC1.C=CC1CCC(CCCCCCC)CC1.C=CC1CCC(CCCCCCCC)CC1.C=CC1CCC(CCCCCCCCC)CC1.C=CC1CCC(CCCCCCCCCC)CC1. The molecule has 0 aromatic rings. The average molecular weight is 1610 g/mol. The highest BCUT2D eigenvalue weighted by Gasteiger charge is 2.25. The topological polar surface area (TPSA) is 0 Å². The van der Waals surface area contributed by atoms with Gasteiger partial charge in [0.1, 0.15) is 0 Å². The molecule has 0 spiro atoms. The Morgan fingerprint density at radius 3 is 0.388 bits per heavy atom. The summed E-state index contributed by atoms with van der Waals surface area (Å²) in [5.41, 5.74) is 0. The number of hydrogen-bond acceptors (Lipinski definition) is 0. The van der Waals surface area contributed by atoms with E-state index >= 15 is 0 Å². The number of allylic oxidation sites excluding steroid dienone is 8. The maximum atomic E-state index is 3.93. The van der Waals surface area contributed by atoms with E-state index in [0.29, 0.717) is 0 Å². The van der Waals surface area contributed by atoms with E-state index in [-0.39, 0.29) is 0 Å². The average Bonchev–Trinajstić information content (AvgIpc) is 0.970. The van der Waals surface area contributed by atoms with Gasteiger partial charge in [0, 0.05) is 0 Å². The molecule has 0 aromatic carbocycles. The van der Waals surface area contributed by atoms with E-state index in [9.17, 15) is 0 Å². The fourth-order valence-electron chi connectivity index (χ4n) is 21.4. The Balaban J connectivity index is 0.000000666. The normalized spacial score (nSPS) is 27.0. The molecule has 0 N–H and O–H groups in total. The zero-order chi connectivity index (χ0) is 84.6. The van der Waals surface area contributed by atoms with Crippen LogP contribution in [0.3, 0.4) is 0 Å². The lowest BCUT2D eigenvalue weighted by Gasteiger charge is -2.26. The molecule has 8 saturated carbocycles. The fourth-order valence-corrected chi connectivity index (χ4v) is 21.4. The van der Waals surface area contributed by atoms with Crippen LogP contribution in [0.15, 0.2) is 101 Å². The van der Waals surface area contributed by atoms with Crippen LogP contribution in [0.4, 0.5) is 0 Å². The minimum absolute atomic E-state index is 0.833. The van der Waals surface area contributed by atoms with E-state index in [4.69, 9.17) is 0 Å². The molecular formula is C116H216. The zero-order valence-electron chi connectivity index (χ0n) is 81.3. The Bertz CT molecular complexity index is 2050. The van der Waals surface area contributed by atoms with E-state index in [1.54, 1.807) is 0 Å². The smallest absolute Gasteiger partial charge is 0.0236 e. The van der Waals surface area contributed by atoms with Crippen LogP contribution in [0.1, 0.15) is 543 Å². The maximum absolute atomic E-state index is 3.93. The van der Waals surface area contributed by atoms with Gasteiger partial charge in [0.05, 0.1) is 0 Å². The van der Waals surface area contributed by atoms with Gasteiger partial charge >= 0.3 is 0 Å². The van der Waals surface area contributed by atoms with Gasteiger partial charge in [-0.1, -0.05) is 387 Å². The molecule has 0 heteroatoms. The highest BCUT2D eigenvalue weighted by molar-refractivity contribution is 4.90. The first-order valence-corrected chi connectivity index (χ1v) is 53.9. The fraction of sp³-hybridized carbons (Fsp3) is 0.862. The van der Waals surface area contributed by atoms with Gasteiger partial charge in [0.2, 0.25) is 0 Å². The second kappa shape index (κ2) is 83.8. The molecule has 8 aliphatic carbocycles. The summed E-state index contributed by atoms with van der Waals surface area (Å²) in [4.78, 5) is 0. The molecule has 8 aliphatic rings. The summed E-state index contributed by atoms with van der Waals surface area (Å²) in [6.07, 6.45) is 127. The lowest BCUT2D eigenvalue weighted by atomic mass is 9.80. The summed E-state index contributed by atoms with van der Waals surface area (Å²) in [5, 5.41) is 0. The van der Waals surface area contributed by atoms with Crippen molar-refractivity contribution in [3.63, 3.8) is 0 Å². The summed E-state index contributed by atoms with van der Waals surface area (Å²) >= 11 is 0. The molecule has 0 atom stereocenters. The van der Waals surface area contributed by atoms with Gasteiger partial charge in [-0.3, -0.25) is 0 Å². The van der Waals surface area contributed by atoms with E-state index in [1.165, 1.54) is 488 Å². The van der Waals surface area contributed by atoms with Gasteiger partial charge in [-0.2, -0.15) is 0 Å². The number of rotatable bonds is 52. The predicted molar refractivity (Wildman–Crippen MR) is 534 cm³/mol. The van der Waals surface area contributed by atoms with Crippen molar-refractivity contribution in [2.75, 3.05) is 0 Å². The van der Waals surface area contributed by atoms with E-state index in [0.717, 1.165) is 94.7 Å². The molecule has 0 radical (unpaired) electrons. The van der Waals surface area contributed by atoms with Crippen LogP contribution in [0, 0.1) is 94.7 Å². The van der Waals surface area contributed by atoms with E-state index < -0.39 is 0 Å². The van der Waals surface area contributed by atoms with Crippen LogP contribution in [-0.2, 0) is 0 Å². The molecule has 0 saturated heterocycles. The molecule has 0 amide bonds. The largest absolute Gasteiger partial charge is 0.103 e. The zero-order valence-corrected chi connectivity index (χ0v) is 81.3. The Hall–Kier alpha value is -2.08. The molecule has 0 heterocycles. The molecule has 8 rings (SSSR count). The molecule has 0 aliphatic heterocycles. The van der Waals surface area contributed by atoms with Crippen LogP contribution in [0.2, 0.25) is 0 Å². The van der Waals surface area contributed by atoms with Crippen LogP contribution < -0.4 is 0 Å². The van der Waals surface area contributed by atoms with Gasteiger partial charge in [0.25, 0.3) is 0 Å². The standard InChI is InChI=1S/C18H34.C17H32.C16H30.C15H28.C14H26.C13H24.C12H22.C11H20/c1-3-5-6-7-8-9-10-11-12-18-15-13-17(4-2)14-16-18;1-3-5-6-7-8-9-10-11-17-14-12-16(4-2)13-15-17;1-3-5-6-7-8-9-10-16-13-11-15(4-2)12-14-16;1-3-5-6-7-8-9-15-12-10-14(4-2)11-13-15;1-3-5-6-7-8-14-11-9-13(4-2)10-12-14;1-3-5-6-7-13-10-8-12(4-2)9-11-13;1-3-5-6-12-9-7-11(4-2)8-10-12;1-3-5-11-8-6-10(4-2)7-9-11/h4,17-18H,2-3,5-16H2,1H3;4,16-17H,2-3,5-15H2,1H3;4,15-16H,2-3,5-14H2,1H3;4,14-15H,2-3,5-13H2,1H3;4,13-14H,2-3,5-12H2,1H3;4,12-13H,2-3,5-11H2,1H3;4,11-12H,2-3,5-10H2,1H3;4,10-11H,2-3,5-9H2,1H3. The van der Waals surface area contributed by atoms with Crippen LogP contribution >= 0.6 is 0 Å². The second-order valence-electron chi connectivity index (χ2n) is 40.3. The van der Waals surface area contributed by atoms with Crippen LogP contribution in [0.25, 0.3) is 0 Å². The third-order valence-corrected chi connectivity index (χ3v) is 30.5. The summed E-state index contributed by atoms with van der Waals surface area (Å²) in [6, 6.07) is 0. The van der Waals surface area contributed by atoms with Crippen molar-refractivity contribution in [2.45, 2.75) is 543 Å². The molecule has 0 bridgehead atoms. The Morgan fingerprint density at radius 1 is 0.129 bits per heavy atom. The van der Waals surface area contributed by atoms with Crippen molar-refractivity contribution < 1.29 is 0 Å². The van der Waals surface area contributed by atoms with Crippen molar-refractivity contribution in [1.29, 1.82) is 0 Å². The summed E-state index contributed by atoms with van der Waals surface area (Å²) < 4.78 is 0. The van der Waals surface area contributed by atoms with Crippen molar-refractivity contribution >= 4 is 0 Å². The van der Waals surface area contributed by atoms with Gasteiger partial charge < -0.3 is 0 Å². The van der Waals surface area contributed by atoms with Gasteiger partial charge in [-0.05, 0) is 300 Å². The third kappa shape index (κ3) is 64.7. The molecular weight excluding hydrogens is 1390 g/mol. The van der Waals surface area contributed by atoms with Crippen LogP contribution in [0.5, 0.6) is 0 Å². The lowest BCUT2D eigenvalue weighted by Crippen LogP contribution is -2.12. The highest BCUT2D eigenvalue weighted by atomic mass is 14.3. The Morgan fingerprint density at radius 2 is 0.241 bits per heavy atom. The minimum Gasteiger partial charge on any atom is -0.103 e. The van der Waals surface area contributed by atoms with Crippen LogP contribution in [-0.4, -0.2) is 0 Å². The first-order chi connectivity index (χ1) is 56.9. The highest BCUT2D eigenvalue weighted by Crippen LogP contribution is 2.39. The molecule has 116 heavy (non-hydrogen) atoms. The lowest BCUT2D eigenvalue weighted by molar-refractivity contribution is 0.288. The molecule has 0 aromatic heterocycles. The predicted octanol–water partition coefficient (Wildman–Crippen LogP) is 41.2. The van der Waals surface area contributed by atoms with Crippen molar-refractivity contribution in [3.8, 4) is 0 Å². The molecule has 0 unspecified atom stereocenters. The quantitative estimate of drug-likeness (QED) is 0.0421. The number of unbranched alkanes of at least 4 members (excludes halogenated alkanes) is 28. The molecule has 0 nitrogen and oxygen atoms in total. The van der Waals surface area contributed by atoms with Crippen molar-refractivity contribution in [3.05, 3.63) is 101 Å². The monoisotopic (exact) mass is 1610 g/mol. The molecule has 680 valence electrons. The van der Waals surface area contributed by atoms with Gasteiger partial charge in [-0.15, -0.1) is 52.6 Å². The first-order valence-electron chi connectivity index (χ1n) is 53.9. The first kappa shape index (κ1) is 112. The summed E-state index contributed by atoms with van der Waals surface area (Å²) in [7, 11) is 0. The van der Waals surface area contributed by atoms with E-state index in [1.807, 2.05) is 0 Å². The summed E-state index contributed by atoms with van der Waals surface area (Å²) in [6.45, 7) is 49.5. The molecule has 8 fully saturated rings.